The number of alkyl carbamates (subject to hydrolysis) is 1. The topological polar surface area (TPSA) is 142 Å². The lowest BCUT2D eigenvalue weighted by molar-refractivity contribution is -0.128. The number of carbonyl (C=O) groups is 3. The normalized spacial score (nSPS) is 17.6. The summed E-state index contributed by atoms with van der Waals surface area (Å²) in [5.74, 6) is 0.115. The molecule has 3 amide bonds. The van der Waals surface area contributed by atoms with E-state index in [1.165, 1.54) is 0 Å². The number of aryl methyl sites for hydroxylation is 1. The molecule has 1 unspecified atom stereocenters. The highest BCUT2D eigenvalue weighted by atomic mass is 16.6. The lowest BCUT2D eigenvalue weighted by Gasteiger charge is -2.38. The molecule has 250 valence electrons. The van der Waals surface area contributed by atoms with Gasteiger partial charge in [0.05, 0.1) is 12.1 Å². The number of aromatic amines is 1. The number of H-pyrrole nitrogens is 1. The van der Waals surface area contributed by atoms with Crippen LogP contribution in [0.4, 0.5) is 10.5 Å². The monoisotopic (exact) mass is 649 g/mol. The predicted octanol–water partition coefficient (Wildman–Crippen LogP) is 6.12. The zero-order chi connectivity index (χ0) is 33.7. The van der Waals surface area contributed by atoms with Crippen LogP contribution >= 0.6 is 0 Å². The lowest BCUT2D eigenvalue weighted by Crippen LogP contribution is -2.55. The van der Waals surface area contributed by atoms with E-state index in [1.807, 2.05) is 93.6 Å². The number of hydrogen-bond donors (Lipinski definition) is 3. The van der Waals surface area contributed by atoms with Crippen molar-refractivity contribution in [2.45, 2.75) is 95.9 Å². The van der Waals surface area contributed by atoms with Gasteiger partial charge in [-0.2, -0.15) is 5.21 Å². The number of benzene rings is 3. The molecule has 1 aromatic heterocycles. The summed E-state index contributed by atoms with van der Waals surface area (Å²) in [7, 11) is 0. The van der Waals surface area contributed by atoms with E-state index in [4.69, 9.17) is 4.74 Å². The van der Waals surface area contributed by atoms with E-state index in [0.29, 0.717) is 38.1 Å². The van der Waals surface area contributed by atoms with Crippen molar-refractivity contribution in [1.82, 2.24) is 31.3 Å². The van der Waals surface area contributed by atoms with Crippen molar-refractivity contribution >= 4 is 23.6 Å². The van der Waals surface area contributed by atoms with Gasteiger partial charge in [-0.05, 0) is 80.0 Å². The molecule has 11 nitrogen and oxygen atoms in total. The van der Waals surface area contributed by atoms with Crippen molar-refractivity contribution < 1.29 is 19.1 Å². The smallest absolute Gasteiger partial charge is 0.408 e. The Balaban J connectivity index is 1.19. The molecule has 0 saturated heterocycles. The Hall–Kier alpha value is -5.06. The van der Waals surface area contributed by atoms with Crippen LogP contribution in [0, 0.1) is 0 Å². The second kappa shape index (κ2) is 14.0. The van der Waals surface area contributed by atoms with Crippen LogP contribution in [-0.4, -0.2) is 55.7 Å². The Morgan fingerprint density at radius 1 is 0.958 bits per heavy atom. The van der Waals surface area contributed by atoms with Gasteiger partial charge in [0, 0.05) is 17.7 Å². The Morgan fingerprint density at radius 3 is 2.38 bits per heavy atom. The third kappa shape index (κ3) is 7.73. The number of hydrogen-bond acceptors (Lipinski definition) is 7. The van der Waals surface area contributed by atoms with Crippen molar-refractivity contribution in [3.63, 3.8) is 0 Å². The van der Waals surface area contributed by atoms with Crippen LogP contribution in [0.15, 0.2) is 72.8 Å². The maximum absolute atomic E-state index is 14.2. The summed E-state index contributed by atoms with van der Waals surface area (Å²) in [5, 5.41) is 20.6. The maximum Gasteiger partial charge on any atom is 0.408 e. The van der Waals surface area contributed by atoms with Crippen LogP contribution in [0.3, 0.4) is 0 Å². The molecule has 1 atom stereocenters. The average Bonchev–Trinajstić information content (AvgIpc) is 3.56. The fourth-order valence-electron chi connectivity index (χ4n) is 6.84. The minimum absolute atomic E-state index is 0.0930. The summed E-state index contributed by atoms with van der Waals surface area (Å²) >= 11 is 0. The summed E-state index contributed by atoms with van der Waals surface area (Å²) in [6, 6.07) is 23.2. The molecule has 4 aromatic rings. The second-order valence-electron chi connectivity index (χ2n) is 13.8. The highest BCUT2D eigenvalue weighted by Gasteiger charge is 2.39. The number of aromatic nitrogens is 4. The highest BCUT2D eigenvalue weighted by Crippen LogP contribution is 2.34. The summed E-state index contributed by atoms with van der Waals surface area (Å²) in [6.07, 6.45) is 4.96. The highest BCUT2D eigenvalue weighted by molar-refractivity contribution is 6.00. The molecule has 11 heteroatoms. The Labute approximate surface area is 280 Å². The lowest BCUT2D eigenvalue weighted by atomic mass is 9.79. The van der Waals surface area contributed by atoms with Crippen LogP contribution in [0.25, 0.3) is 22.5 Å². The first kappa shape index (κ1) is 32.9. The number of tetrazole rings is 1. The van der Waals surface area contributed by atoms with Crippen LogP contribution in [0.2, 0.25) is 0 Å². The fourth-order valence-corrected chi connectivity index (χ4v) is 6.84. The first-order valence-corrected chi connectivity index (χ1v) is 16.7. The number of nitrogens with one attached hydrogen (secondary N) is 3. The van der Waals surface area contributed by atoms with Crippen LogP contribution in [0.1, 0.15) is 76.8 Å². The van der Waals surface area contributed by atoms with E-state index in [-0.39, 0.29) is 18.2 Å². The van der Waals surface area contributed by atoms with E-state index in [1.54, 1.807) is 4.90 Å². The molecule has 1 aliphatic heterocycles. The molecule has 0 radical (unpaired) electrons. The molecule has 1 saturated carbocycles. The van der Waals surface area contributed by atoms with E-state index in [2.05, 4.69) is 31.3 Å². The van der Waals surface area contributed by atoms with Crippen molar-refractivity contribution in [1.29, 1.82) is 0 Å². The zero-order valence-electron chi connectivity index (χ0n) is 27.8. The summed E-state index contributed by atoms with van der Waals surface area (Å²) < 4.78 is 5.54. The predicted molar refractivity (Wildman–Crippen MR) is 183 cm³/mol. The van der Waals surface area contributed by atoms with E-state index < -0.39 is 23.3 Å². The van der Waals surface area contributed by atoms with Gasteiger partial charge in [0.1, 0.15) is 11.6 Å². The Kier molecular flexibility index (Phi) is 9.56. The Morgan fingerprint density at radius 2 is 1.67 bits per heavy atom. The van der Waals surface area contributed by atoms with Crippen molar-refractivity contribution in [2.24, 2.45) is 0 Å². The zero-order valence-corrected chi connectivity index (χ0v) is 27.8. The van der Waals surface area contributed by atoms with Crippen LogP contribution in [0.5, 0.6) is 0 Å². The first-order valence-electron chi connectivity index (χ1n) is 16.7. The standard InChI is InChI=1S/C37H43N7O4/c1-36(2,3)48-35(47)39-37(21-9-4-10-22-37)23-32(45)38-30-20-19-27-11-5-8-14-31(27)44(34(30)46)24-25-15-17-26(18-16-25)28-12-6-7-13-29(28)33-40-42-43-41-33/h5-8,11-18,30H,4,9-10,19-24H2,1-3H3,(H,38,45)(H,39,47)(H,40,41,42,43). The molecule has 1 aliphatic carbocycles. The molecular formula is C37H43N7O4. The molecule has 0 spiro atoms. The number of rotatable bonds is 8. The van der Waals surface area contributed by atoms with E-state index >= 15 is 0 Å². The molecule has 0 bridgehead atoms. The number of amides is 3. The molecule has 3 N–H and O–H groups in total. The van der Waals surface area contributed by atoms with Crippen LogP contribution < -0.4 is 15.5 Å². The number of para-hydroxylation sites is 1. The molecule has 1 fully saturated rings. The third-order valence-electron chi connectivity index (χ3n) is 9.08. The summed E-state index contributed by atoms with van der Waals surface area (Å²) in [4.78, 5) is 42.4. The van der Waals surface area contributed by atoms with Gasteiger partial charge in [-0.3, -0.25) is 9.59 Å². The quantitative estimate of drug-likeness (QED) is 0.209. The molecule has 3 aromatic carbocycles. The number of anilines is 1. The number of fused-ring (bicyclic) bond motifs is 1. The van der Waals surface area contributed by atoms with Gasteiger partial charge < -0.3 is 20.3 Å². The van der Waals surface area contributed by atoms with Gasteiger partial charge >= 0.3 is 6.09 Å². The molecule has 2 heterocycles. The molecular weight excluding hydrogens is 606 g/mol. The third-order valence-corrected chi connectivity index (χ3v) is 9.08. The van der Waals surface area contributed by atoms with Gasteiger partial charge in [-0.25, -0.2) is 4.79 Å². The second-order valence-corrected chi connectivity index (χ2v) is 13.8. The number of ether oxygens (including phenoxy) is 1. The van der Waals surface area contributed by atoms with Gasteiger partial charge in [-0.1, -0.05) is 86.0 Å². The maximum atomic E-state index is 14.2. The minimum atomic E-state index is -0.703. The van der Waals surface area contributed by atoms with Gasteiger partial charge in [0.15, 0.2) is 0 Å². The Bertz CT molecular complexity index is 1740. The van der Waals surface area contributed by atoms with Gasteiger partial charge in [0.25, 0.3) is 0 Å². The van der Waals surface area contributed by atoms with Crippen molar-refractivity contribution in [2.75, 3.05) is 4.90 Å². The molecule has 6 rings (SSSR count). The first-order chi connectivity index (χ1) is 23.1. The van der Waals surface area contributed by atoms with Crippen molar-refractivity contribution in [3.05, 3.63) is 83.9 Å². The number of carbonyl (C=O) groups excluding carboxylic acids is 3. The average molecular weight is 650 g/mol. The molecule has 48 heavy (non-hydrogen) atoms. The van der Waals surface area contributed by atoms with Gasteiger partial charge in [-0.15, -0.1) is 10.2 Å². The van der Waals surface area contributed by atoms with E-state index in [9.17, 15) is 14.4 Å². The van der Waals surface area contributed by atoms with Crippen molar-refractivity contribution in [3.8, 4) is 22.5 Å². The van der Waals surface area contributed by atoms with Gasteiger partial charge in [0.2, 0.25) is 17.6 Å². The molecule has 2 aliphatic rings. The largest absolute Gasteiger partial charge is 0.444 e. The SMILES string of the molecule is CC(C)(C)OC(=O)NC1(CC(=O)NC2CCc3ccccc3N(Cc3ccc(-c4ccccc4-c4nn[nH]n4)cc3)C2=O)CCCCC1. The minimum Gasteiger partial charge on any atom is -0.444 e. The van der Waals surface area contributed by atoms with E-state index in [0.717, 1.165) is 52.8 Å². The fraction of sp³-hybridized carbons (Fsp3) is 0.405. The summed E-state index contributed by atoms with van der Waals surface area (Å²) in [5.41, 5.74) is 4.34. The van der Waals surface area contributed by atoms with Crippen LogP contribution in [-0.2, 0) is 27.3 Å². The number of nitrogens with zero attached hydrogens (tertiary/aromatic N) is 4. The summed E-state index contributed by atoms with van der Waals surface area (Å²) in [6.45, 7) is 5.80.